The molecule has 3 heterocycles. The van der Waals surface area contributed by atoms with Crippen molar-refractivity contribution in [1.82, 2.24) is 30.2 Å². The van der Waals surface area contributed by atoms with Crippen molar-refractivity contribution < 1.29 is 9.53 Å². The van der Waals surface area contributed by atoms with Gasteiger partial charge in [0, 0.05) is 5.56 Å². The number of ether oxygens (including phenoxy) is 1. The molecule has 0 amide bonds. The highest BCUT2D eigenvalue weighted by atomic mass is 32.2. The van der Waals surface area contributed by atoms with Gasteiger partial charge < -0.3 is 9.30 Å². The summed E-state index contributed by atoms with van der Waals surface area (Å²) >= 11 is 3.10. The third kappa shape index (κ3) is 4.73. The Morgan fingerprint density at radius 3 is 2.41 bits per heavy atom. The molecular weight excluding hydrogens is 528 g/mol. The molecule has 0 saturated heterocycles. The quantitative estimate of drug-likeness (QED) is 0.169. The van der Waals surface area contributed by atoms with E-state index in [4.69, 9.17) is 9.72 Å². The van der Waals surface area contributed by atoms with Gasteiger partial charge in [-0.25, -0.2) is 9.78 Å². The molecule has 0 bridgehead atoms. The molecule has 0 unspecified atom stereocenters. The summed E-state index contributed by atoms with van der Waals surface area (Å²) in [5.41, 5.74) is 6.75. The van der Waals surface area contributed by atoms with Crippen LogP contribution in [-0.2, 0) is 11.3 Å². The van der Waals surface area contributed by atoms with E-state index in [1.165, 1.54) is 18.4 Å². The lowest BCUT2D eigenvalue weighted by Crippen LogP contribution is -2.06. The number of tetrazole rings is 1. The first-order valence-electron chi connectivity index (χ1n) is 12.4. The number of aromatic nitrogens is 6. The van der Waals surface area contributed by atoms with Crippen molar-refractivity contribution in [3.63, 3.8) is 0 Å². The Bertz CT molecular complexity index is 1740. The van der Waals surface area contributed by atoms with Crippen LogP contribution in [0.5, 0.6) is 0 Å². The third-order valence-corrected chi connectivity index (χ3v) is 8.42. The Labute approximate surface area is 233 Å². The molecule has 0 aliphatic rings. The predicted octanol–water partition coefficient (Wildman–Crippen LogP) is 6.56. The van der Waals surface area contributed by atoms with Crippen LogP contribution < -0.4 is 0 Å². The minimum absolute atomic E-state index is 0.352. The van der Waals surface area contributed by atoms with Crippen molar-refractivity contribution in [2.75, 3.05) is 12.9 Å². The minimum Gasteiger partial charge on any atom is -0.465 e. The highest BCUT2D eigenvalue weighted by molar-refractivity contribution is 7.99. The van der Waals surface area contributed by atoms with Crippen molar-refractivity contribution in [3.8, 4) is 33.0 Å². The van der Waals surface area contributed by atoms with Crippen LogP contribution in [0.1, 0.15) is 22.2 Å². The van der Waals surface area contributed by atoms with E-state index in [0.29, 0.717) is 17.2 Å². The Morgan fingerprint density at radius 2 is 1.72 bits per heavy atom. The number of hydrogen-bond acceptors (Lipinski definition) is 8. The molecule has 0 spiro atoms. The number of hydrogen-bond donors (Lipinski definition) is 1. The number of imidazole rings is 1. The molecule has 0 radical (unpaired) electrons. The largest absolute Gasteiger partial charge is 0.465 e. The van der Waals surface area contributed by atoms with Crippen molar-refractivity contribution in [3.05, 3.63) is 89.3 Å². The van der Waals surface area contributed by atoms with Gasteiger partial charge in [0.15, 0.2) is 5.16 Å². The smallest absolute Gasteiger partial charge is 0.350 e. The number of nitrogens with zero attached hydrogens (tertiary/aromatic N) is 5. The Kier molecular flexibility index (Phi) is 6.95. The molecule has 6 rings (SSSR count). The number of fused-ring (bicyclic) bond motifs is 1. The maximum absolute atomic E-state index is 12.9. The van der Waals surface area contributed by atoms with Gasteiger partial charge in [-0.1, -0.05) is 97.5 Å². The molecule has 8 nitrogen and oxygen atoms in total. The molecule has 194 valence electrons. The summed E-state index contributed by atoms with van der Waals surface area (Å²) in [6.07, 6.45) is 0. The van der Waals surface area contributed by atoms with Crippen LogP contribution in [0.4, 0.5) is 0 Å². The molecule has 0 saturated carbocycles. The van der Waals surface area contributed by atoms with Crippen LogP contribution in [0.3, 0.4) is 0 Å². The number of thioether (sulfide) groups is 1. The second-order valence-corrected chi connectivity index (χ2v) is 11.0. The van der Waals surface area contributed by atoms with Crippen LogP contribution >= 0.6 is 23.1 Å². The van der Waals surface area contributed by atoms with Gasteiger partial charge in [-0.15, -0.1) is 21.5 Å². The number of rotatable bonds is 8. The molecule has 0 fully saturated rings. The van der Waals surface area contributed by atoms with Crippen LogP contribution in [0.25, 0.3) is 44.0 Å². The number of carbonyl (C=O) groups is 1. The normalized spacial score (nSPS) is 11.2. The SMILES string of the molecule is CCSc1nc2c(-c3ccccc3)sc(C(=O)OC)c2n1Cc1ccc(-c2ccccc2-c2nn[nH]n2)cc1. The van der Waals surface area contributed by atoms with E-state index in [0.717, 1.165) is 54.6 Å². The topological polar surface area (TPSA) is 98.6 Å². The van der Waals surface area contributed by atoms with E-state index in [-0.39, 0.29) is 5.97 Å². The Balaban J connectivity index is 1.42. The van der Waals surface area contributed by atoms with Crippen LogP contribution in [0, 0.1) is 0 Å². The van der Waals surface area contributed by atoms with Gasteiger partial charge in [-0.05, 0) is 33.2 Å². The van der Waals surface area contributed by atoms with Crippen LogP contribution in [0.15, 0.2) is 84.0 Å². The first-order valence-corrected chi connectivity index (χ1v) is 14.2. The molecule has 0 atom stereocenters. The first kappa shape index (κ1) is 25.0. The molecule has 6 aromatic rings. The molecule has 0 aliphatic carbocycles. The van der Waals surface area contributed by atoms with Crippen molar-refractivity contribution in [2.24, 2.45) is 0 Å². The highest BCUT2D eigenvalue weighted by Crippen LogP contribution is 2.41. The monoisotopic (exact) mass is 552 g/mol. The van der Waals surface area contributed by atoms with E-state index >= 15 is 0 Å². The minimum atomic E-state index is -0.352. The predicted molar refractivity (Wildman–Crippen MR) is 155 cm³/mol. The van der Waals surface area contributed by atoms with Crippen molar-refractivity contribution in [1.29, 1.82) is 0 Å². The van der Waals surface area contributed by atoms with Crippen LogP contribution in [-0.4, -0.2) is 49.0 Å². The fourth-order valence-electron chi connectivity index (χ4n) is 4.60. The molecule has 39 heavy (non-hydrogen) atoms. The lowest BCUT2D eigenvalue weighted by atomic mass is 9.98. The number of nitrogens with one attached hydrogen (secondary N) is 1. The number of benzene rings is 3. The van der Waals surface area contributed by atoms with Crippen molar-refractivity contribution in [2.45, 2.75) is 18.6 Å². The standard InChI is InChI=1S/C29H24N6O2S2/c1-3-38-29-30-23-24(26(28(36)37-2)39-25(23)20-9-5-4-6-10-20)35(29)17-18-13-15-19(16-14-18)21-11-7-8-12-22(21)27-31-33-34-32-27/h4-16H,3,17H2,1-2H3,(H,31,32,33,34). The number of aromatic amines is 1. The van der Waals surface area contributed by atoms with Gasteiger partial charge in [0.2, 0.25) is 5.82 Å². The Morgan fingerprint density at radius 1 is 0.974 bits per heavy atom. The lowest BCUT2D eigenvalue weighted by molar-refractivity contribution is 0.0608. The van der Waals surface area contributed by atoms with E-state index in [2.05, 4.69) is 62.4 Å². The highest BCUT2D eigenvalue weighted by Gasteiger charge is 2.26. The zero-order valence-corrected chi connectivity index (χ0v) is 22.9. The van der Waals surface area contributed by atoms with Gasteiger partial charge >= 0.3 is 5.97 Å². The summed E-state index contributed by atoms with van der Waals surface area (Å²) in [5.74, 6) is 1.07. The zero-order valence-electron chi connectivity index (χ0n) is 21.3. The fraction of sp³-hybridized carbons (Fsp3) is 0.138. The number of thiophene rings is 1. The number of esters is 1. The fourth-order valence-corrected chi connectivity index (χ4v) is 6.49. The molecular formula is C29H24N6O2S2. The van der Waals surface area contributed by atoms with Crippen molar-refractivity contribution >= 4 is 40.1 Å². The number of carbonyl (C=O) groups excluding carboxylic acids is 1. The number of H-pyrrole nitrogens is 1. The molecule has 1 N–H and O–H groups in total. The van der Waals surface area contributed by atoms with Crippen LogP contribution in [0.2, 0.25) is 0 Å². The van der Waals surface area contributed by atoms with E-state index in [1.54, 1.807) is 11.8 Å². The number of methoxy groups -OCH3 is 1. The van der Waals surface area contributed by atoms with Gasteiger partial charge in [0.25, 0.3) is 0 Å². The first-order chi connectivity index (χ1) is 19.2. The van der Waals surface area contributed by atoms with Gasteiger partial charge in [0.1, 0.15) is 10.4 Å². The summed E-state index contributed by atoms with van der Waals surface area (Å²) in [5, 5.41) is 15.4. The zero-order chi connectivity index (χ0) is 26.8. The lowest BCUT2D eigenvalue weighted by Gasteiger charge is -2.11. The molecule has 3 aromatic carbocycles. The van der Waals surface area contributed by atoms with Gasteiger partial charge in [0.05, 0.1) is 24.0 Å². The summed E-state index contributed by atoms with van der Waals surface area (Å²) < 4.78 is 7.32. The van der Waals surface area contributed by atoms with Gasteiger partial charge in [-0.2, -0.15) is 5.21 Å². The van der Waals surface area contributed by atoms with E-state index in [9.17, 15) is 4.79 Å². The maximum Gasteiger partial charge on any atom is 0.350 e. The molecule has 10 heteroatoms. The third-order valence-electron chi connectivity index (χ3n) is 6.37. The second-order valence-electron chi connectivity index (χ2n) is 8.71. The Hall–Kier alpha value is -4.28. The average Bonchev–Trinajstić information content (AvgIpc) is 3.72. The maximum atomic E-state index is 12.9. The average molecular weight is 553 g/mol. The second kappa shape index (κ2) is 10.8. The summed E-state index contributed by atoms with van der Waals surface area (Å²) in [7, 11) is 1.42. The summed E-state index contributed by atoms with van der Waals surface area (Å²) in [4.78, 5) is 19.5. The summed E-state index contributed by atoms with van der Waals surface area (Å²) in [6, 6.07) is 26.5. The van der Waals surface area contributed by atoms with E-state index in [1.807, 2.05) is 48.5 Å². The molecule has 3 aromatic heterocycles. The molecule has 0 aliphatic heterocycles. The summed E-state index contributed by atoms with van der Waals surface area (Å²) in [6.45, 7) is 2.67. The van der Waals surface area contributed by atoms with Gasteiger partial charge in [-0.3, -0.25) is 0 Å². The van der Waals surface area contributed by atoms with E-state index < -0.39 is 0 Å².